The first kappa shape index (κ1) is 21.4. The van der Waals surface area contributed by atoms with Crippen molar-refractivity contribution in [1.82, 2.24) is 0 Å². The van der Waals surface area contributed by atoms with Crippen LogP contribution in [0.1, 0.15) is 38.8 Å². The number of non-ortho nitro benzene ring substituents is 1. The summed E-state index contributed by atoms with van der Waals surface area (Å²) >= 11 is 0. The number of benzene rings is 2. The highest BCUT2D eigenvalue weighted by Gasteiger charge is 2.25. The number of amides is 1. The van der Waals surface area contributed by atoms with Gasteiger partial charge in [-0.1, -0.05) is 44.2 Å². The molecule has 28 heavy (non-hydrogen) atoms. The molecule has 2 atom stereocenters. The van der Waals surface area contributed by atoms with Crippen LogP contribution < -0.4 is 15.4 Å². The zero-order valence-corrected chi connectivity index (χ0v) is 16.7. The third-order valence-electron chi connectivity index (χ3n) is 4.54. The lowest BCUT2D eigenvalue weighted by atomic mass is 9.96. The largest absolute Gasteiger partial charge is 0.494 e. The Bertz CT molecular complexity index is 809. The van der Waals surface area contributed by atoms with Crippen LogP contribution in [0.3, 0.4) is 0 Å². The van der Waals surface area contributed by atoms with Crippen molar-refractivity contribution in [2.45, 2.75) is 39.3 Å². The molecule has 0 saturated carbocycles. The van der Waals surface area contributed by atoms with Crippen LogP contribution >= 0.6 is 0 Å². The molecule has 2 rings (SSSR count). The van der Waals surface area contributed by atoms with Crippen LogP contribution in [0.4, 0.5) is 11.4 Å². The lowest BCUT2D eigenvalue weighted by molar-refractivity contribution is -0.714. The van der Waals surface area contributed by atoms with Crippen LogP contribution in [-0.2, 0) is 4.79 Å². The van der Waals surface area contributed by atoms with Gasteiger partial charge in [0.25, 0.3) is 11.6 Å². The summed E-state index contributed by atoms with van der Waals surface area (Å²) in [7, 11) is 1.42. The summed E-state index contributed by atoms with van der Waals surface area (Å²) in [4.78, 5) is 23.1. The number of nitrogens with one attached hydrogen (secondary N) is 1. The zero-order chi connectivity index (χ0) is 20.7. The third-order valence-corrected chi connectivity index (χ3v) is 4.54. The summed E-state index contributed by atoms with van der Waals surface area (Å²) < 4.78 is 5.19. The Balaban J connectivity index is 2.11. The molecule has 7 heteroatoms. The smallest absolute Gasteiger partial charge is 0.282 e. The number of nitro groups is 1. The molecule has 1 amide bonds. The van der Waals surface area contributed by atoms with Gasteiger partial charge in [0.15, 0.2) is 6.04 Å². The maximum absolute atomic E-state index is 12.7. The predicted octanol–water partition coefficient (Wildman–Crippen LogP) is 3.28. The molecule has 0 unspecified atom stereocenters. The summed E-state index contributed by atoms with van der Waals surface area (Å²) in [6.07, 6.45) is 0.947. The Kier molecular flexibility index (Phi) is 7.52. The van der Waals surface area contributed by atoms with Gasteiger partial charge < -0.3 is 15.4 Å². The number of hydrogen-bond acceptors (Lipinski definition) is 4. The van der Waals surface area contributed by atoms with Gasteiger partial charge in [0.05, 0.1) is 23.8 Å². The molecule has 2 aromatic rings. The van der Waals surface area contributed by atoms with Gasteiger partial charge in [-0.3, -0.25) is 14.9 Å². The van der Waals surface area contributed by atoms with Crippen LogP contribution in [0.5, 0.6) is 5.75 Å². The molecular formula is C21H28N3O4+. The Morgan fingerprint density at radius 3 is 2.43 bits per heavy atom. The molecule has 0 saturated heterocycles. The highest BCUT2D eigenvalue weighted by molar-refractivity contribution is 5.95. The van der Waals surface area contributed by atoms with Crippen molar-refractivity contribution in [3.05, 3.63) is 64.2 Å². The van der Waals surface area contributed by atoms with Crippen molar-refractivity contribution >= 4 is 17.3 Å². The standard InChI is InChI=1S/C21H27N3O4/c1-14(2)12-19(16-8-6-5-7-9-16)22-15(3)21(25)23-18-11-10-17(24(26)27)13-20(18)28-4/h5-11,13-15,19,22H,12H2,1-4H3,(H,23,25)/p+1/t15-,19+/m0/s1. The van der Waals surface area contributed by atoms with E-state index in [4.69, 9.17) is 4.74 Å². The number of carbonyl (C=O) groups is 1. The Labute approximate surface area is 165 Å². The van der Waals surface area contributed by atoms with Crippen molar-refractivity contribution in [2.24, 2.45) is 5.92 Å². The second-order valence-electron chi connectivity index (χ2n) is 7.26. The molecule has 150 valence electrons. The Morgan fingerprint density at radius 1 is 1.18 bits per heavy atom. The van der Waals surface area contributed by atoms with E-state index in [-0.39, 0.29) is 29.4 Å². The predicted molar refractivity (Wildman–Crippen MR) is 108 cm³/mol. The molecule has 0 fully saturated rings. The molecule has 0 radical (unpaired) electrons. The zero-order valence-electron chi connectivity index (χ0n) is 16.7. The SMILES string of the molecule is COc1cc([N+](=O)[O-])ccc1NC(=O)[C@H](C)[NH2+][C@H](CC(C)C)c1ccccc1. The van der Waals surface area contributed by atoms with Crippen LogP contribution in [0.25, 0.3) is 0 Å². The fourth-order valence-electron chi connectivity index (χ4n) is 3.11. The average Bonchev–Trinajstić information content (AvgIpc) is 2.67. The second-order valence-corrected chi connectivity index (χ2v) is 7.26. The normalized spacial score (nSPS) is 13.0. The van der Waals surface area contributed by atoms with E-state index in [1.807, 2.05) is 25.1 Å². The van der Waals surface area contributed by atoms with E-state index in [1.54, 1.807) is 0 Å². The molecule has 0 bridgehead atoms. The van der Waals surface area contributed by atoms with Crippen LogP contribution in [-0.4, -0.2) is 24.0 Å². The Morgan fingerprint density at radius 2 is 1.86 bits per heavy atom. The first-order chi connectivity index (χ1) is 13.3. The monoisotopic (exact) mass is 386 g/mol. The summed E-state index contributed by atoms with van der Waals surface area (Å²) in [6.45, 7) is 6.18. The number of nitrogens with zero attached hydrogens (tertiary/aromatic N) is 1. The highest BCUT2D eigenvalue weighted by Crippen LogP contribution is 2.29. The first-order valence-electron chi connectivity index (χ1n) is 9.35. The first-order valence-corrected chi connectivity index (χ1v) is 9.35. The lowest BCUT2D eigenvalue weighted by Crippen LogP contribution is -2.92. The summed E-state index contributed by atoms with van der Waals surface area (Å²) in [6, 6.07) is 14.1. The van der Waals surface area contributed by atoms with E-state index in [9.17, 15) is 14.9 Å². The molecule has 0 aliphatic carbocycles. The highest BCUT2D eigenvalue weighted by atomic mass is 16.6. The van der Waals surface area contributed by atoms with Crippen molar-refractivity contribution < 1.29 is 19.8 Å². The molecule has 0 spiro atoms. The topological polar surface area (TPSA) is 98.1 Å². The summed E-state index contributed by atoms with van der Waals surface area (Å²) in [5.74, 6) is 0.569. The quantitative estimate of drug-likeness (QED) is 0.510. The van der Waals surface area contributed by atoms with Crippen molar-refractivity contribution in [3.63, 3.8) is 0 Å². The summed E-state index contributed by atoms with van der Waals surface area (Å²) in [5, 5.41) is 15.8. The molecular weight excluding hydrogens is 358 g/mol. The number of quaternary nitrogens is 1. The van der Waals surface area contributed by atoms with Crippen LogP contribution in [0.2, 0.25) is 0 Å². The van der Waals surface area contributed by atoms with Gasteiger partial charge in [-0.25, -0.2) is 0 Å². The number of methoxy groups -OCH3 is 1. The molecule has 7 nitrogen and oxygen atoms in total. The number of hydrogen-bond donors (Lipinski definition) is 2. The second kappa shape index (κ2) is 9.85. The van der Waals surface area contributed by atoms with E-state index in [2.05, 4.69) is 36.6 Å². The van der Waals surface area contributed by atoms with Crippen molar-refractivity contribution in [1.29, 1.82) is 0 Å². The molecule has 3 N–H and O–H groups in total. The molecule has 0 aliphatic rings. The van der Waals surface area contributed by atoms with Gasteiger partial charge in [0, 0.05) is 18.1 Å². The minimum atomic E-state index is -0.499. The van der Waals surface area contributed by atoms with Gasteiger partial charge >= 0.3 is 0 Å². The molecule has 0 aliphatic heterocycles. The van der Waals surface area contributed by atoms with Crippen molar-refractivity contribution in [2.75, 3.05) is 12.4 Å². The minimum Gasteiger partial charge on any atom is -0.494 e. The van der Waals surface area contributed by atoms with Gasteiger partial charge in [-0.05, 0) is 18.9 Å². The fourth-order valence-corrected chi connectivity index (χ4v) is 3.11. The number of rotatable bonds is 9. The summed E-state index contributed by atoms with van der Waals surface area (Å²) in [5.41, 5.74) is 1.51. The van der Waals surface area contributed by atoms with Gasteiger partial charge in [-0.15, -0.1) is 0 Å². The van der Waals surface area contributed by atoms with Crippen molar-refractivity contribution in [3.8, 4) is 5.75 Å². The van der Waals surface area contributed by atoms with Gasteiger partial charge in [-0.2, -0.15) is 0 Å². The number of nitrogens with two attached hydrogens (primary N) is 1. The minimum absolute atomic E-state index is 0.0875. The van der Waals surface area contributed by atoms with Crippen LogP contribution in [0, 0.1) is 16.0 Å². The number of carbonyl (C=O) groups excluding carboxylic acids is 1. The van der Waals surface area contributed by atoms with E-state index < -0.39 is 4.92 Å². The lowest BCUT2D eigenvalue weighted by Gasteiger charge is -2.22. The Hall–Kier alpha value is -2.93. The third kappa shape index (κ3) is 5.79. The van der Waals surface area contributed by atoms with E-state index in [0.29, 0.717) is 11.6 Å². The van der Waals surface area contributed by atoms with Gasteiger partial charge in [0.1, 0.15) is 11.8 Å². The molecule has 0 aromatic heterocycles. The van der Waals surface area contributed by atoms with E-state index >= 15 is 0 Å². The average molecular weight is 386 g/mol. The van der Waals surface area contributed by atoms with E-state index in [0.717, 1.165) is 6.42 Å². The maximum Gasteiger partial charge on any atom is 0.282 e. The maximum atomic E-state index is 12.7. The molecule has 2 aromatic carbocycles. The van der Waals surface area contributed by atoms with Gasteiger partial charge in [0.2, 0.25) is 0 Å². The number of nitro benzene ring substituents is 1. The number of anilines is 1. The number of ether oxygens (including phenoxy) is 1. The fraction of sp³-hybridized carbons (Fsp3) is 0.381. The van der Waals surface area contributed by atoms with Crippen LogP contribution in [0.15, 0.2) is 48.5 Å². The van der Waals surface area contributed by atoms with E-state index in [1.165, 1.54) is 30.9 Å². The molecule has 0 heterocycles.